The van der Waals surface area contributed by atoms with Gasteiger partial charge in [-0.15, -0.1) is 0 Å². The number of para-hydroxylation sites is 1. The number of pyridine rings is 1. The van der Waals surface area contributed by atoms with Crippen LogP contribution in [0.25, 0.3) is 22.2 Å². The molecule has 2 fully saturated rings. The number of fused-ring (bicyclic) bond motifs is 3. The van der Waals surface area contributed by atoms with Crippen molar-refractivity contribution >= 4 is 10.9 Å². The summed E-state index contributed by atoms with van der Waals surface area (Å²) in [5.74, 6) is 1.21. The number of nitrogens with zero attached hydrogens (tertiary/aromatic N) is 1. The second-order valence-corrected chi connectivity index (χ2v) is 10.5. The zero-order chi connectivity index (χ0) is 21.1. The summed E-state index contributed by atoms with van der Waals surface area (Å²) in [7, 11) is 2.21. The van der Waals surface area contributed by atoms with E-state index in [4.69, 9.17) is 4.74 Å². The van der Waals surface area contributed by atoms with Crippen molar-refractivity contribution in [3.63, 3.8) is 0 Å². The highest BCUT2D eigenvalue weighted by molar-refractivity contribution is 5.80. The molecule has 0 saturated heterocycles. The van der Waals surface area contributed by atoms with Crippen molar-refractivity contribution in [2.45, 2.75) is 82.1 Å². The molecular formula is C29H34NO+. The lowest BCUT2D eigenvalue weighted by Crippen LogP contribution is -2.48. The van der Waals surface area contributed by atoms with E-state index in [1.165, 1.54) is 103 Å². The van der Waals surface area contributed by atoms with Crippen LogP contribution in [0.4, 0.5) is 0 Å². The molecule has 0 atom stereocenters. The Bertz CT molecular complexity index is 1150. The molecule has 0 amide bonds. The Labute approximate surface area is 186 Å². The normalized spacial score (nSPS) is 21.4. The molecular weight excluding hydrogens is 378 g/mol. The van der Waals surface area contributed by atoms with E-state index in [2.05, 4.69) is 67.1 Å². The molecule has 0 N–H and O–H groups in total. The van der Waals surface area contributed by atoms with E-state index in [-0.39, 0.29) is 5.60 Å². The van der Waals surface area contributed by atoms with Gasteiger partial charge in [-0.3, -0.25) is 0 Å². The van der Waals surface area contributed by atoms with Crippen molar-refractivity contribution in [3.8, 4) is 17.0 Å². The Kier molecular flexibility index (Phi) is 4.42. The molecule has 3 aliphatic rings. The number of hydrogen-bond donors (Lipinski definition) is 0. The van der Waals surface area contributed by atoms with Gasteiger partial charge in [-0.05, 0) is 69.6 Å². The Balaban J connectivity index is 1.60. The van der Waals surface area contributed by atoms with Crippen molar-refractivity contribution in [2.24, 2.45) is 7.05 Å². The predicted octanol–water partition coefficient (Wildman–Crippen LogP) is 6.94. The van der Waals surface area contributed by atoms with E-state index in [0.717, 1.165) is 0 Å². The second kappa shape index (κ2) is 7.08. The van der Waals surface area contributed by atoms with Crippen LogP contribution in [-0.2, 0) is 12.5 Å². The molecule has 3 aromatic rings. The van der Waals surface area contributed by atoms with Crippen LogP contribution < -0.4 is 9.30 Å². The Morgan fingerprint density at radius 3 is 2.35 bits per heavy atom. The zero-order valence-corrected chi connectivity index (χ0v) is 19.0. The molecule has 1 aliphatic heterocycles. The van der Waals surface area contributed by atoms with Crippen LogP contribution in [0.5, 0.6) is 5.75 Å². The van der Waals surface area contributed by atoms with E-state index in [1.807, 2.05) is 0 Å². The molecule has 160 valence electrons. The van der Waals surface area contributed by atoms with Gasteiger partial charge in [0.05, 0.1) is 5.56 Å². The smallest absolute Gasteiger partial charge is 0.216 e. The summed E-state index contributed by atoms with van der Waals surface area (Å²) in [6.45, 7) is 2.26. The van der Waals surface area contributed by atoms with Gasteiger partial charge in [0.2, 0.25) is 11.2 Å². The van der Waals surface area contributed by atoms with E-state index in [1.54, 1.807) is 0 Å². The largest absolute Gasteiger partial charge is 0.486 e. The highest BCUT2D eigenvalue weighted by Crippen LogP contribution is 2.58. The fourth-order valence-electron chi connectivity index (χ4n) is 7.06. The van der Waals surface area contributed by atoms with Crippen LogP contribution >= 0.6 is 0 Å². The lowest BCUT2D eigenvalue weighted by molar-refractivity contribution is -0.633. The van der Waals surface area contributed by atoms with Gasteiger partial charge in [0.25, 0.3) is 0 Å². The molecule has 31 heavy (non-hydrogen) atoms. The highest BCUT2D eigenvalue weighted by atomic mass is 16.5. The fraction of sp³-hybridized carbons (Fsp3) is 0.483. The molecule has 6 rings (SSSR count). The quantitative estimate of drug-likeness (QED) is 0.395. The maximum Gasteiger partial charge on any atom is 0.216 e. The minimum absolute atomic E-state index is 0.0492. The van der Waals surface area contributed by atoms with Gasteiger partial charge < -0.3 is 4.74 Å². The van der Waals surface area contributed by atoms with Crippen LogP contribution in [-0.4, -0.2) is 5.60 Å². The van der Waals surface area contributed by atoms with Crippen molar-refractivity contribution in [1.29, 1.82) is 0 Å². The van der Waals surface area contributed by atoms with Gasteiger partial charge in [0.15, 0.2) is 0 Å². The fourth-order valence-corrected chi connectivity index (χ4v) is 7.06. The third-order valence-electron chi connectivity index (χ3n) is 8.58. The van der Waals surface area contributed by atoms with Crippen LogP contribution in [0, 0.1) is 6.92 Å². The Hall–Kier alpha value is -2.35. The number of aromatic nitrogens is 1. The molecule has 0 unspecified atom stereocenters. The van der Waals surface area contributed by atoms with Gasteiger partial charge >= 0.3 is 0 Å². The summed E-state index contributed by atoms with van der Waals surface area (Å²) in [5, 5.41) is 1.29. The molecule has 2 heteroatoms. The third-order valence-corrected chi connectivity index (χ3v) is 8.58. The molecule has 2 heterocycles. The predicted molar refractivity (Wildman–Crippen MR) is 127 cm³/mol. The number of aryl methyl sites for hydroxylation is 2. The number of benzene rings is 2. The first-order valence-electron chi connectivity index (χ1n) is 12.3. The number of hydrogen-bond acceptors (Lipinski definition) is 1. The van der Waals surface area contributed by atoms with Crippen molar-refractivity contribution < 1.29 is 9.30 Å². The summed E-state index contributed by atoms with van der Waals surface area (Å²) in [6.07, 6.45) is 13.1. The maximum absolute atomic E-state index is 7.17. The van der Waals surface area contributed by atoms with Crippen molar-refractivity contribution in [1.82, 2.24) is 0 Å². The summed E-state index contributed by atoms with van der Waals surface area (Å²) < 4.78 is 9.53. The van der Waals surface area contributed by atoms with E-state index in [9.17, 15) is 0 Å². The minimum Gasteiger partial charge on any atom is -0.486 e. The highest BCUT2D eigenvalue weighted by Gasteiger charge is 2.51. The molecule has 2 aromatic carbocycles. The average molecular weight is 413 g/mol. The SMILES string of the molecule is Cc1ccc2c(c1-c1ccc3ccccc3[n+]1C)OC1(CCCCC1)CC21CCCC1. The van der Waals surface area contributed by atoms with Crippen LogP contribution in [0.3, 0.4) is 0 Å². The zero-order valence-electron chi connectivity index (χ0n) is 19.0. The monoisotopic (exact) mass is 412 g/mol. The van der Waals surface area contributed by atoms with Gasteiger partial charge in [0.1, 0.15) is 18.4 Å². The second-order valence-electron chi connectivity index (χ2n) is 10.5. The van der Waals surface area contributed by atoms with E-state index < -0.39 is 0 Å². The molecule has 1 aromatic heterocycles. The summed E-state index contributed by atoms with van der Waals surface area (Å²) in [6, 6.07) is 18.0. The van der Waals surface area contributed by atoms with Crippen molar-refractivity contribution in [2.75, 3.05) is 0 Å². The summed E-state index contributed by atoms with van der Waals surface area (Å²) >= 11 is 0. The molecule has 2 spiro atoms. The van der Waals surface area contributed by atoms with Crippen LogP contribution in [0.15, 0.2) is 48.5 Å². The molecule has 2 saturated carbocycles. The standard InChI is InChI=1S/C29H34NO/c1-21-12-14-23-27(26(21)25-15-13-22-10-4-5-11-24(22)30(25)2)31-29(18-6-3-7-19-29)20-28(23)16-8-9-17-28/h4-5,10-15H,3,6-9,16-20H2,1-2H3/q+1. The summed E-state index contributed by atoms with van der Waals surface area (Å²) in [4.78, 5) is 0. The average Bonchev–Trinajstić information content (AvgIpc) is 3.24. The van der Waals surface area contributed by atoms with Gasteiger partial charge in [-0.1, -0.05) is 43.5 Å². The maximum atomic E-state index is 7.17. The Morgan fingerprint density at radius 1 is 0.806 bits per heavy atom. The topological polar surface area (TPSA) is 13.1 Å². The van der Waals surface area contributed by atoms with E-state index >= 15 is 0 Å². The van der Waals surface area contributed by atoms with Crippen LogP contribution in [0.1, 0.15) is 75.3 Å². The molecule has 2 nitrogen and oxygen atoms in total. The minimum atomic E-state index is 0.0492. The summed E-state index contributed by atoms with van der Waals surface area (Å²) in [5.41, 5.74) is 7.06. The van der Waals surface area contributed by atoms with Gasteiger partial charge in [0, 0.05) is 28.5 Å². The molecule has 2 aliphatic carbocycles. The lowest BCUT2D eigenvalue weighted by Gasteiger charge is -2.50. The third kappa shape index (κ3) is 2.94. The van der Waals surface area contributed by atoms with Crippen LogP contribution in [0.2, 0.25) is 0 Å². The first-order valence-corrected chi connectivity index (χ1v) is 12.3. The Morgan fingerprint density at radius 2 is 1.55 bits per heavy atom. The first-order chi connectivity index (χ1) is 15.1. The molecule has 0 bridgehead atoms. The van der Waals surface area contributed by atoms with Gasteiger partial charge in [-0.25, -0.2) is 0 Å². The number of rotatable bonds is 1. The number of ether oxygens (including phenoxy) is 1. The molecule has 0 radical (unpaired) electrons. The van der Waals surface area contributed by atoms with Crippen molar-refractivity contribution in [3.05, 3.63) is 59.7 Å². The van der Waals surface area contributed by atoms with Gasteiger partial charge in [-0.2, -0.15) is 4.57 Å². The first kappa shape index (κ1) is 19.3. The lowest BCUT2D eigenvalue weighted by atomic mass is 9.64. The van der Waals surface area contributed by atoms with E-state index in [0.29, 0.717) is 5.41 Å².